The summed E-state index contributed by atoms with van der Waals surface area (Å²) in [7, 11) is -6.65. The zero-order valence-electron chi connectivity index (χ0n) is 23.0. The maximum absolute atomic E-state index is 15.5. The molecule has 0 atom stereocenters. The normalized spacial score (nSPS) is 14.7. The summed E-state index contributed by atoms with van der Waals surface area (Å²) in [6.45, 7) is 0.0261. The van der Waals surface area contributed by atoms with E-state index in [0.717, 1.165) is 25.1 Å². The Bertz CT molecular complexity index is 1840. The summed E-state index contributed by atoms with van der Waals surface area (Å²) in [6, 6.07) is 3.28. The summed E-state index contributed by atoms with van der Waals surface area (Å²) in [5.41, 5.74) is -8.71. The van der Waals surface area contributed by atoms with E-state index in [4.69, 9.17) is 14.9 Å². The molecule has 0 fully saturated rings. The number of hydrogen-bond donors (Lipinski definition) is 2. The zero-order chi connectivity index (χ0) is 34.9. The van der Waals surface area contributed by atoms with Gasteiger partial charge < -0.3 is 24.0 Å². The van der Waals surface area contributed by atoms with Gasteiger partial charge in [0.1, 0.15) is 13.1 Å². The van der Waals surface area contributed by atoms with Crippen LogP contribution in [0.1, 0.15) is 34.0 Å². The number of fused-ring (bicyclic) bond motifs is 1. The standard InChI is InChI=1S/C27H18F7NO10S/c1-11-5-13(26(41)35(8-19(37)38)9-20(39)40)3-4-14(11)21-15(6-12(2)28)23(18(30)10-36)44-24-16(21)7-17(29)25(22(24)31)45-46(42,43)27(32,33)34/h3-7,10H,8-9H2,1-2H3,(H,37,38)(H,39,40)/b12-6+,23-18-. The van der Waals surface area contributed by atoms with Gasteiger partial charge in [-0.05, 0) is 49.2 Å². The molecule has 11 nitrogen and oxygen atoms in total. The maximum Gasteiger partial charge on any atom is 0.534 e. The molecule has 0 spiro atoms. The number of aryl methyl sites for hydroxylation is 1. The quantitative estimate of drug-likeness (QED) is 0.119. The van der Waals surface area contributed by atoms with Crippen LogP contribution >= 0.6 is 0 Å². The zero-order valence-corrected chi connectivity index (χ0v) is 23.9. The number of nitrogens with zero attached hydrogens (tertiary/aromatic N) is 1. The highest BCUT2D eigenvalue weighted by atomic mass is 32.2. The van der Waals surface area contributed by atoms with Crippen LogP contribution in [-0.4, -0.2) is 66.3 Å². The van der Waals surface area contributed by atoms with Crippen LogP contribution in [0.2, 0.25) is 0 Å². The van der Waals surface area contributed by atoms with Crippen molar-refractivity contribution in [3.63, 3.8) is 0 Å². The Morgan fingerprint density at radius 1 is 1.02 bits per heavy atom. The second-order valence-electron chi connectivity index (χ2n) is 9.26. The van der Waals surface area contributed by atoms with Crippen molar-refractivity contribution in [2.45, 2.75) is 19.4 Å². The molecular formula is C27H18F7NO10S. The average Bonchev–Trinajstić information content (AvgIpc) is 2.93. The highest BCUT2D eigenvalue weighted by Crippen LogP contribution is 2.48. The number of halogens is 7. The van der Waals surface area contributed by atoms with Gasteiger partial charge in [-0.2, -0.15) is 30.4 Å². The van der Waals surface area contributed by atoms with Crippen LogP contribution in [0.4, 0.5) is 30.7 Å². The van der Waals surface area contributed by atoms with Gasteiger partial charge in [-0.25, -0.2) is 8.78 Å². The van der Waals surface area contributed by atoms with Crippen LogP contribution in [0.15, 0.2) is 53.3 Å². The maximum atomic E-state index is 15.5. The van der Waals surface area contributed by atoms with Crippen molar-refractivity contribution >= 4 is 39.8 Å². The van der Waals surface area contributed by atoms with Gasteiger partial charge in [0.2, 0.25) is 17.4 Å². The molecule has 0 unspecified atom stereocenters. The third-order valence-electron chi connectivity index (χ3n) is 5.94. The molecule has 1 aliphatic heterocycles. The van der Waals surface area contributed by atoms with Gasteiger partial charge in [-0.15, -0.1) is 0 Å². The molecule has 1 aliphatic rings. The number of allylic oxidation sites excluding steroid dienone is 3. The van der Waals surface area contributed by atoms with Crippen LogP contribution in [0.25, 0.3) is 5.57 Å². The van der Waals surface area contributed by atoms with Crippen molar-refractivity contribution in [2.24, 2.45) is 0 Å². The third kappa shape index (κ3) is 7.19. The first-order valence-electron chi connectivity index (χ1n) is 12.2. The lowest BCUT2D eigenvalue weighted by Crippen LogP contribution is -2.39. The summed E-state index contributed by atoms with van der Waals surface area (Å²) < 4.78 is 130. The number of carbonyl (C=O) groups is 4. The van der Waals surface area contributed by atoms with E-state index in [1.807, 2.05) is 0 Å². The monoisotopic (exact) mass is 681 g/mol. The van der Waals surface area contributed by atoms with Crippen LogP contribution < -0.4 is 8.92 Å². The molecule has 0 aromatic heterocycles. The van der Waals surface area contributed by atoms with Gasteiger partial charge in [-0.1, -0.05) is 6.07 Å². The number of benzene rings is 2. The molecule has 19 heteroatoms. The van der Waals surface area contributed by atoms with Gasteiger partial charge in [-0.3, -0.25) is 19.2 Å². The van der Waals surface area contributed by atoms with Gasteiger partial charge >= 0.3 is 27.6 Å². The molecule has 2 N–H and O–H groups in total. The molecule has 1 amide bonds. The minimum Gasteiger partial charge on any atom is -0.480 e. The lowest BCUT2D eigenvalue weighted by Gasteiger charge is -2.27. The van der Waals surface area contributed by atoms with E-state index in [9.17, 15) is 49.5 Å². The van der Waals surface area contributed by atoms with Gasteiger partial charge in [0.25, 0.3) is 5.91 Å². The summed E-state index contributed by atoms with van der Waals surface area (Å²) in [6.07, 6.45) is 0.0887. The Labute approximate surface area is 253 Å². The smallest absolute Gasteiger partial charge is 0.480 e. The first kappa shape index (κ1) is 35.3. The van der Waals surface area contributed by atoms with Gasteiger partial charge in [0.15, 0.2) is 23.6 Å². The predicted octanol–water partition coefficient (Wildman–Crippen LogP) is 4.56. The molecule has 0 radical (unpaired) electrons. The van der Waals surface area contributed by atoms with Gasteiger partial charge in [0, 0.05) is 22.3 Å². The van der Waals surface area contributed by atoms with E-state index in [1.54, 1.807) is 0 Å². The number of carboxylic acid groups (broad SMARTS) is 2. The van der Waals surface area contributed by atoms with E-state index in [-0.39, 0.29) is 22.8 Å². The fraction of sp³-hybridized carbons (Fsp3) is 0.185. The summed E-state index contributed by atoms with van der Waals surface area (Å²) in [5, 5.41) is 18.1. The van der Waals surface area contributed by atoms with Crippen LogP contribution in [-0.2, 0) is 24.5 Å². The summed E-state index contributed by atoms with van der Waals surface area (Å²) >= 11 is 0. The second kappa shape index (κ2) is 13.0. The van der Waals surface area contributed by atoms with E-state index in [0.29, 0.717) is 11.0 Å². The van der Waals surface area contributed by atoms with E-state index >= 15 is 8.78 Å². The molecule has 246 valence electrons. The molecule has 3 rings (SSSR count). The summed E-state index contributed by atoms with van der Waals surface area (Å²) in [5.74, 6) is -16.1. The Balaban J connectivity index is 2.38. The first-order valence-corrected chi connectivity index (χ1v) is 13.6. The topological polar surface area (TPSA) is 165 Å². The number of carboxylic acids is 2. The number of ether oxygens (including phenoxy) is 1. The highest BCUT2D eigenvalue weighted by Gasteiger charge is 2.50. The third-order valence-corrected chi connectivity index (χ3v) is 6.89. The second-order valence-corrected chi connectivity index (χ2v) is 10.8. The minimum atomic E-state index is -6.65. The number of hydrogen-bond acceptors (Lipinski definition) is 8. The molecule has 0 saturated heterocycles. The molecule has 2 aromatic carbocycles. The highest BCUT2D eigenvalue weighted by molar-refractivity contribution is 7.88. The largest absolute Gasteiger partial charge is 0.534 e. The molecule has 0 bridgehead atoms. The minimum absolute atomic E-state index is 0.0478. The van der Waals surface area contributed by atoms with Crippen LogP contribution in [0.5, 0.6) is 11.5 Å². The number of aliphatic carboxylic acids is 2. The molecule has 1 heterocycles. The SMILES string of the molecule is C/C(F)=C\C1=C(c2ccc(C(=O)N(CC(=O)O)CC(=O)O)cc2C)c2cc(F)c(OS(=O)(=O)C(F)(F)F)c(F)c2O/C1=C(\F)C=O. The van der Waals surface area contributed by atoms with Crippen molar-refractivity contribution < 1.29 is 77.5 Å². The molecule has 0 saturated carbocycles. The van der Waals surface area contributed by atoms with E-state index < -0.39 is 110 Å². The van der Waals surface area contributed by atoms with E-state index in [1.165, 1.54) is 6.92 Å². The van der Waals surface area contributed by atoms with Crippen molar-refractivity contribution in [3.05, 3.63) is 87.2 Å². The molecule has 0 aliphatic carbocycles. The molecular weight excluding hydrogens is 663 g/mol. The van der Waals surface area contributed by atoms with Crippen LogP contribution in [0.3, 0.4) is 0 Å². The Hall–Kier alpha value is -5.20. The number of aldehydes is 1. The van der Waals surface area contributed by atoms with Crippen LogP contribution in [0, 0.1) is 18.6 Å². The lowest BCUT2D eigenvalue weighted by molar-refractivity contribution is -0.140. The first-order chi connectivity index (χ1) is 21.2. The Morgan fingerprint density at radius 2 is 1.61 bits per heavy atom. The van der Waals surface area contributed by atoms with Crippen molar-refractivity contribution in [3.8, 4) is 11.5 Å². The van der Waals surface area contributed by atoms with Crippen molar-refractivity contribution in [1.29, 1.82) is 0 Å². The van der Waals surface area contributed by atoms with E-state index in [2.05, 4.69) is 4.18 Å². The predicted molar refractivity (Wildman–Crippen MR) is 140 cm³/mol. The molecule has 2 aromatic rings. The lowest BCUT2D eigenvalue weighted by atomic mass is 9.86. The van der Waals surface area contributed by atoms with Crippen molar-refractivity contribution in [1.82, 2.24) is 4.90 Å². The molecule has 46 heavy (non-hydrogen) atoms. The fourth-order valence-corrected chi connectivity index (χ4v) is 4.63. The van der Waals surface area contributed by atoms with Crippen molar-refractivity contribution in [2.75, 3.05) is 13.1 Å². The Kier molecular flexibility index (Phi) is 10.00. The Morgan fingerprint density at radius 3 is 2.09 bits per heavy atom. The number of carbonyl (C=O) groups excluding carboxylic acids is 2. The number of rotatable bonds is 10. The average molecular weight is 681 g/mol. The summed E-state index contributed by atoms with van der Waals surface area (Å²) in [4.78, 5) is 47.0. The fourth-order valence-electron chi connectivity index (χ4n) is 4.16. The number of amides is 1. The number of alkyl halides is 3. The van der Waals surface area contributed by atoms with Gasteiger partial charge in [0.05, 0.1) is 5.83 Å².